The van der Waals surface area contributed by atoms with E-state index in [9.17, 15) is 0 Å². The monoisotopic (exact) mass is 300 g/mol. The number of halogens is 1. The van der Waals surface area contributed by atoms with Crippen LogP contribution in [0.15, 0.2) is 12.1 Å². The van der Waals surface area contributed by atoms with Crippen molar-refractivity contribution < 1.29 is 0 Å². The highest BCUT2D eigenvalue weighted by molar-refractivity contribution is 7.16. The lowest BCUT2D eigenvalue weighted by Crippen LogP contribution is -2.38. The standard InChI is InChI=1S/C15H25ClN2S/c1-2-3-13-6-9-18(10-7-13)11-8-17-12-14-4-5-15(16)19-14/h4-5,13,17H,2-3,6-12H2,1H3. The van der Waals surface area contributed by atoms with Crippen LogP contribution in [0.5, 0.6) is 0 Å². The molecule has 0 atom stereocenters. The summed E-state index contributed by atoms with van der Waals surface area (Å²) in [6.45, 7) is 8.08. The molecule has 2 heterocycles. The van der Waals surface area contributed by atoms with Crippen molar-refractivity contribution in [3.63, 3.8) is 0 Å². The molecule has 1 aromatic rings. The summed E-state index contributed by atoms with van der Waals surface area (Å²) in [6, 6.07) is 4.08. The zero-order valence-electron chi connectivity index (χ0n) is 11.8. The first kappa shape index (κ1) is 15.3. The summed E-state index contributed by atoms with van der Waals surface area (Å²) >= 11 is 7.59. The molecule has 1 N–H and O–H groups in total. The topological polar surface area (TPSA) is 15.3 Å². The molecule has 1 aliphatic rings. The smallest absolute Gasteiger partial charge is 0.0931 e. The minimum Gasteiger partial charge on any atom is -0.311 e. The van der Waals surface area contributed by atoms with Crippen LogP contribution in [-0.2, 0) is 6.54 Å². The Balaban J connectivity index is 1.54. The Morgan fingerprint density at radius 3 is 2.79 bits per heavy atom. The molecular formula is C15H25ClN2S. The Hall–Kier alpha value is -0.0900. The summed E-state index contributed by atoms with van der Waals surface area (Å²) in [5.41, 5.74) is 0. The Labute approximate surface area is 126 Å². The van der Waals surface area contributed by atoms with Crippen molar-refractivity contribution in [2.24, 2.45) is 5.92 Å². The average molecular weight is 301 g/mol. The van der Waals surface area contributed by atoms with Crippen molar-refractivity contribution in [2.75, 3.05) is 26.2 Å². The molecule has 1 saturated heterocycles. The van der Waals surface area contributed by atoms with E-state index < -0.39 is 0 Å². The predicted octanol–water partition coefficient (Wildman–Crippen LogP) is 4.00. The van der Waals surface area contributed by atoms with Gasteiger partial charge in [0.1, 0.15) is 0 Å². The Morgan fingerprint density at radius 1 is 1.37 bits per heavy atom. The summed E-state index contributed by atoms with van der Waals surface area (Å²) in [6.07, 6.45) is 5.56. The quantitative estimate of drug-likeness (QED) is 0.766. The molecule has 0 bridgehead atoms. The minimum absolute atomic E-state index is 0.884. The van der Waals surface area contributed by atoms with Gasteiger partial charge in [-0.15, -0.1) is 11.3 Å². The van der Waals surface area contributed by atoms with E-state index in [1.807, 2.05) is 6.07 Å². The number of hydrogen-bond donors (Lipinski definition) is 1. The van der Waals surface area contributed by atoms with Gasteiger partial charge in [-0.1, -0.05) is 31.4 Å². The molecule has 4 heteroatoms. The second-order valence-corrected chi connectivity index (χ2v) is 7.26. The van der Waals surface area contributed by atoms with Gasteiger partial charge >= 0.3 is 0 Å². The van der Waals surface area contributed by atoms with Crippen LogP contribution in [0.25, 0.3) is 0 Å². The maximum absolute atomic E-state index is 5.92. The summed E-state index contributed by atoms with van der Waals surface area (Å²) in [7, 11) is 0. The molecule has 0 amide bonds. The van der Waals surface area contributed by atoms with Gasteiger partial charge in [-0.25, -0.2) is 0 Å². The molecule has 0 unspecified atom stereocenters. The van der Waals surface area contributed by atoms with Crippen LogP contribution in [0.3, 0.4) is 0 Å². The maximum Gasteiger partial charge on any atom is 0.0931 e. The zero-order chi connectivity index (χ0) is 13.5. The van der Waals surface area contributed by atoms with Crippen LogP contribution < -0.4 is 5.32 Å². The van der Waals surface area contributed by atoms with Crippen LogP contribution >= 0.6 is 22.9 Å². The molecule has 0 aliphatic carbocycles. The first-order valence-corrected chi connectivity index (χ1v) is 8.64. The SMILES string of the molecule is CCCC1CCN(CCNCc2ccc(Cl)s2)CC1. The third-order valence-corrected chi connectivity index (χ3v) is 5.17. The predicted molar refractivity (Wildman–Crippen MR) is 85.1 cm³/mol. The van der Waals surface area contributed by atoms with Crippen LogP contribution in [0.4, 0.5) is 0 Å². The van der Waals surface area contributed by atoms with Gasteiger partial charge in [0.25, 0.3) is 0 Å². The normalized spacial score (nSPS) is 18.0. The lowest BCUT2D eigenvalue weighted by molar-refractivity contribution is 0.179. The van der Waals surface area contributed by atoms with Gasteiger partial charge in [0, 0.05) is 24.5 Å². The highest BCUT2D eigenvalue weighted by atomic mass is 35.5. The molecule has 19 heavy (non-hydrogen) atoms. The number of nitrogens with zero attached hydrogens (tertiary/aromatic N) is 1. The number of piperidine rings is 1. The molecule has 108 valence electrons. The molecule has 0 radical (unpaired) electrons. The van der Waals surface area contributed by atoms with E-state index in [-0.39, 0.29) is 0 Å². The minimum atomic E-state index is 0.884. The van der Waals surface area contributed by atoms with Crippen LogP contribution in [0.2, 0.25) is 4.34 Å². The van der Waals surface area contributed by atoms with Crippen molar-refractivity contribution >= 4 is 22.9 Å². The third kappa shape index (κ3) is 5.42. The summed E-state index contributed by atoms with van der Waals surface area (Å²) < 4.78 is 0.884. The largest absolute Gasteiger partial charge is 0.311 e. The fraction of sp³-hybridized carbons (Fsp3) is 0.733. The van der Waals surface area contributed by atoms with Gasteiger partial charge in [0.05, 0.1) is 4.34 Å². The van der Waals surface area contributed by atoms with Crippen LogP contribution in [-0.4, -0.2) is 31.1 Å². The van der Waals surface area contributed by atoms with Crippen molar-refractivity contribution in [3.05, 3.63) is 21.3 Å². The maximum atomic E-state index is 5.92. The molecule has 0 aromatic carbocycles. The summed E-state index contributed by atoms with van der Waals surface area (Å²) in [4.78, 5) is 3.92. The molecule has 0 spiro atoms. The number of rotatable bonds is 7. The highest BCUT2D eigenvalue weighted by Gasteiger charge is 2.17. The van der Waals surface area contributed by atoms with Crippen LogP contribution in [0.1, 0.15) is 37.5 Å². The van der Waals surface area contributed by atoms with E-state index in [4.69, 9.17) is 11.6 Å². The molecule has 0 saturated carbocycles. The van der Waals surface area contributed by atoms with E-state index in [2.05, 4.69) is 23.2 Å². The summed E-state index contributed by atoms with van der Waals surface area (Å²) in [5.74, 6) is 0.988. The second kappa shape index (κ2) is 8.25. The number of thiophene rings is 1. The molecule has 2 rings (SSSR count). The second-order valence-electron chi connectivity index (χ2n) is 5.46. The van der Waals surface area contributed by atoms with E-state index >= 15 is 0 Å². The average Bonchev–Trinajstić information content (AvgIpc) is 2.83. The van der Waals surface area contributed by atoms with Gasteiger partial charge < -0.3 is 10.2 Å². The fourth-order valence-corrected chi connectivity index (χ4v) is 3.86. The van der Waals surface area contributed by atoms with Crippen molar-refractivity contribution in [1.29, 1.82) is 0 Å². The van der Waals surface area contributed by atoms with E-state index in [0.717, 1.165) is 23.3 Å². The first-order chi connectivity index (χ1) is 9.28. The third-order valence-electron chi connectivity index (χ3n) is 3.94. The van der Waals surface area contributed by atoms with Crippen molar-refractivity contribution in [2.45, 2.75) is 39.2 Å². The lowest BCUT2D eigenvalue weighted by atomic mass is 9.92. The van der Waals surface area contributed by atoms with Gasteiger partial charge in [0.15, 0.2) is 0 Å². The fourth-order valence-electron chi connectivity index (χ4n) is 2.80. The molecule has 1 aromatic heterocycles. The Bertz CT molecular complexity index is 359. The van der Waals surface area contributed by atoms with Crippen molar-refractivity contribution in [3.8, 4) is 0 Å². The molecular weight excluding hydrogens is 276 g/mol. The van der Waals surface area contributed by atoms with E-state index in [1.54, 1.807) is 11.3 Å². The van der Waals surface area contributed by atoms with E-state index in [0.29, 0.717) is 0 Å². The first-order valence-electron chi connectivity index (χ1n) is 7.45. The summed E-state index contributed by atoms with van der Waals surface area (Å²) in [5, 5.41) is 3.51. The van der Waals surface area contributed by atoms with Gasteiger partial charge in [0.2, 0.25) is 0 Å². The van der Waals surface area contributed by atoms with Crippen LogP contribution in [0, 0.1) is 5.92 Å². The molecule has 1 fully saturated rings. The number of likely N-dealkylation sites (tertiary alicyclic amines) is 1. The highest BCUT2D eigenvalue weighted by Crippen LogP contribution is 2.22. The van der Waals surface area contributed by atoms with Gasteiger partial charge in [-0.2, -0.15) is 0 Å². The van der Waals surface area contributed by atoms with E-state index in [1.165, 1.54) is 50.2 Å². The number of hydrogen-bond acceptors (Lipinski definition) is 3. The van der Waals surface area contributed by atoms with Gasteiger partial charge in [-0.05, 0) is 44.0 Å². The van der Waals surface area contributed by atoms with Crippen molar-refractivity contribution in [1.82, 2.24) is 10.2 Å². The Kier molecular flexibility index (Phi) is 6.65. The molecule has 2 nitrogen and oxygen atoms in total. The van der Waals surface area contributed by atoms with Gasteiger partial charge in [-0.3, -0.25) is 0 Å². The lowest BCUT2D eigenvalue weighted by Gasteiger charge is -2.31. The molecule has 1 aliphatic heterocycles. The zero-order valence-corrected chi connectivity index (χ0v) is 13.4. The number of nitrogens with one attached hydrogen (secondary N) is 1. The Morgan fingerprint density at radius 2 is 2.16 bits per heavy atom.